The first kappa shape index (κ1) is 21.4. The zero-order valence-electron chi connectivity index (χ0n) is 17.2. The van der Waals surface area contributed by atoms with Crippen molar-refractivity contribution in [3.8, 4) is 0 Å². The van der Waals surface area contributed by atoms with E-state index in [9.17, 15) is 29.0 Å². The van der Waals surface area contributed by atoms with Crippen molar-refractivity contribution in [2.24, 2.45) is 5.92 Å². The van der Waals surface area contributed by atoms with Gasteiger partial charge in [-0.15, -0.1) is 0 Å². The van der Waals surface area contributed by atoms with Gasteiger partial charge in [0.15, 0.2) is 0 Å². The van der Waals surface area contributed by atoms with Crippen LogP contribution in [0, 0.1) is 11.7 Å². The number of carboxylic acids is 2. The van der Waals surface area contributed by atoms with Gasteiger partial charge in [-0.25, -0.2) is 14.0 Å². The maximum absolute atomic E-state index is 14.8. The summed E-state index contributed by atoms with van der Waals surface area (Å²) in [5.41, 5.74) is 2.31. The molecule has 2 N–H and O–H groups in total. The fourth-order valence-electron chi connectivity index (χ4n) is 4.91. The van der Waals surface area contributed by atoms with E-state index in [0.29, 0.717) is 5.56 Å². The molecule has 1 unspecified atom stereocenters. The van der Waals surface area contributed by atoms with Crippen LogP contribution in [0.1, 0.15) is 62.1 Å². The van der Waals surface area contributed by atoms with Gasteiger partial charge in [0.05, 0.1) is 11.1 Å². The number of carbonyl (C=O) groups is 3. The summed E-state index contributed by atoms with van der Waals surface area (Å²) in [5, 5.41) is 18.4. The van der Waals surface area contributed by atoms with Crippen molar-refractivity contribution in [3.05, 3.63) is 106 Å². The molecule has 6 heteroatoms. The molecule has 0 bridgehead atoms. The van der Waals surface area contributed by atoms with E-state index in [2.05, 4.69) is 0 Å². The molecular formula is C26H21FO5. The lowest BCUT2D eigenvalue weighted by Crippen LogP contribution is -2.45. The first-order valence-electron chi connectivity index (χ1n) is 10.2. The summed E-state index contributed by atoms with van der Waals surface area (Å²) < 4.78 is 14.8. The van der Waals surface area contributed by atoms with Crippen molar-refractivity contribution in [3.63, 3.8) is 0 Å². The summed E-state index contributed by atoms with van der Waals surface area (Å²) in [6, 6.07) is 19.2. The van der Waals surface area contributed by atoms with Crippen molar-refractivity contribution < 1.29 is 29.0 Å². The monoisotopic (exact) mass is 432 g/mol. The van der Waals surface area contributed by atoms with Gasteiger partial charge >= 0.3 is 11.9 Å². The number of hydrogen-bond acceptors (Lipinski definition) is 3. The van der Waals surface area contributed by atoms with Crippen LogP contribution in [-0.2, 0) is 4.79 Å². The maximum atomic E-state index is 14.8. The third-order valence-electron chi connectivity index (χ3n) is 6.37. The molecule has 1 saturated carbocycles. The molecule has 32 heavy (non-hydrogen) atoms. The molecule has 3 aromatic rings. The van der Waals surface area contributed by atoms with Crippen LogP contribution >= 0.6 is 0 Å². The molecule has 0 aromatic heterocycles. The number of hydrogen-bond donors (Lipinski definition) is 2. The number of halogens is 1. The van der Waals surface area contributed by atoms with E-state index in [1.54, 1.807) is 42.5 Å². The van der Waals surface area contributed by atoms with Gasteiger partial charge in [0, 0.05) is 17.8 Å². The van der Waals surface area contributed by atoms with Gasteiger partial charge in [-0.1, -0.05) is 42.5 Å². The van der Waals surface area contributed by atoms with E-state index < -0.39 is 29.6 Å². The maximum Gasteiger partial charge on any atom is 0.335 e. The topological polar surface area (TPSA) is 91.7 Å². The Labute approximate surface area is 184 Å². The zero-order chi connectivity index (χ0) is 23.0. The summed E-state index contributed by atoms with van der Waals surface area (Å²) in [6.45, 7) is 1.49. The molecule has 4 atom stereocenters. The van der Waals surface area contributed by atoms with Crippen LogP contribution in [0.5, 0.6) is 0 Å². The minimum absolute atomic E-state index is 0.0797. The summed E-state index contributed by atoms with van der Waals surface area (Å²) in [7, 11) is 0. The molecule has 3 aromatic carbocycles. The van der Waals surface area contributed by atoms with Crippen LogP contribution < -0.4 is 0 Å². The first-order chi connectivity index (χ1) is 15.3. The lowest BCUT2D eigenvalue weighted by molar-refractivity contribution is -0.126. The minimum Gasteiger partial charge on any atom is -0.478 e. The molecule has 4 rings (SSSR count). The number of carbonyl (C=O) groups excluding carboxylic acids is 1. The summed E-state index contributed by atoms with van der Waals surface area (Å²) in [5.74, 6) is -4.05. The Bertz CT molecular complexity index is 1180. The van der Waals surface area contributed by atoms with Gasteiger partial charge in [-0.2, -0.15) is 0 Å². The van der Waals surface area contributed by atoms with Crippen LogP contribution in [-0.4, -0.2) is 27.9 Å². The largest absolute Gasteiger partial charge is 0.478 e. The molecule has 0 spiro atoms. The van der Waals surface area contributed by atoms with Gasteiger partial charge in [-0.05, 0) is 59.9 Å². The van der Waals surface area contributed by atoms with Crippen LogP contribution in [0.4, 0.5) is 4.39 Å². The Hall–Kier alpha value is -3.80. The third-order valence-corrected chi connectivity index (χ3v) is 6.37. The van der Waals surface area contributed by atoms with Crippen LogP contribution in [0.3, 0.4) is 0 Å². The van der Waals surface area contributed by atoms with Gasteiger partial charge in [0.2, 0.25) is 0 Å². The molecule has 0 amide bonds. The Morgan fingerprint density at radius 2 is 1.16 bits per heavy atom. The molecule has 1 aliphatic rings. The fourth-order valence-corrected chi connectivity index (χ4v) is 4.91. The van der Waals surface area contributed by atoms with Gasteiger partial charge in [0.1, 0.15) is 11.6 Å². The van der Waals surface area contributed by atoms with E-state index in [1.165, 1.54) is 37.3 Å². The standard InChI is InChI=1S/C26H21FO5/c1-14(28)21-22(15-6-10-17(11-7-15)25(29)30)23(16-8-12-18(13-9-16)26(31)32)24(21)19-4-2-3-5-20(19)27/h2-13,21-24H,1H3,(H,29,30)(H,31,32)/t21-,22-,23-,24?/m0/s1. The highest BCUT2D eigenvalue weighted by molar-refractivity contribution is 5.88. The summed E-state index contributed by atoms with van der Waals surface area (Å²) in [6.07, 6.45) is 0. The highest BCUT2D eigenvalue weighted by Crippen LogP contribution is 2.62. The number of rotatable bonds is 6. The number of Topliss-reactive ketones (excluding diaryl/α,β-unsaturated/α-hetero) is 1. The fraction of sp³-hybridized carbons (Fsp3) is 0.192. The molecular weight excluding hydrogens is 411 g/mol. The number of carboxylic acid groups (broad SMARTS) is 2. The molecule has 1 fully saturated rings. The third kappa shape index (κ3) is 3.68. The second-order valence-electron chi connectivity index (χ2n) is 8.09. The smallest absolute Gasteiger partial charge is 0.335 e. The van der Waals surface area contributed by atoms with Crippen molar-refractivity contribution in [2.75, 3.05) is 0 Å². The van der Waals surface area contributed by atoms with Gasteiger partial charge in [-0.3, -0.25) is 4.79 Å². The van der Waals surface area contributed by atoms with Crippen molar-refractivity contribution in [2.45, 2.75) is 24.7 Å². The SMILES string of the molecule is CC(=O)[C@@H]1C(c2ccccc2F)[C@@H](c2ccc(C(=O)O)cc2)[C@H]1c1ccc(C(=O)O)cc1. The average Bonchev–Trinajstić information content (AvgIpc) is 2.75. The Morgan fingerprint density at radius 1 is 0.688 bits per heavy atom. The highest BCUT2D eigenvalue weighted by atomic mass is 19.1. The number of benzene rings is 3. The Balaban J connectivity index is 1.83. The first-order valence-corrected chi connectivity index (χ1v) is 10.2. The quantitative estimate of drug-likeness (QED) is 0.566. The molecule has 0 heterocycles. The number of aromatic carboxylic acids is 2. The molecule has 0 saturated heterocycles. The van der Waals surface area contributed by atoms with Gasteiger partial charge < -0.3 is 10.2 Å². The predicted molar refractivity (Wildman–Crippen MR) is 116 cm³/mol. The second-order valence-corrected chi connectivity index (χ2v) is 8.09. The Morgan fingerprint density at radius 3 is 1.59 bits per heavy atom. The van der Waals surface area contributed by atoms with E-state index in [4.69, 9.17) is 0 Å². The van der Waals surface area contributed by atoms with Gasteiger partial charge in [0.25, 0.3) is 0 Å². The summed E-state index contributed by atoms with van der Waals surface area (Å²) in [4.78, 5) is 35.2. The van der Waals surface area contributed by atoms with Crippen molar-refractivity contribution in [1.82, 2.24) is 0 Å². The average molecular weight is 432 g/mol. The normalized spacial score (nSPS) is 22.1. The van der Waals surface area contributed by atoms with E-state index in [0.717, 1.165) is 11.1 Å². The van der Waals surface area contributed by atoms with Crippen LogP contribution in [0.25, 0.3) is 0 Å². The highest BCUT2D eigenvalue weighted by Gasteiger charge is 2.54. The molecule has 0 aliphatic heterocycles. The van der Waals surface area contributed by atoms with E-state index in [1.807, 2.05) is 0 Å². The van der Waals surface area contributed by atoms with Crippen LogP contribution in [0.15, 0.2) is 72.8 Å². The minimum atomic E-state index is -1.04. The molecule has 1 aliphatic carbocycles. The zero-order valence-corrected chi connectivity index (χ0v) is 17.2. The molecule has 5 nitrogen and oxygen atoms in total. The molecule has 0 radical (unpaired) electrons. The van der Waals surface area contributed by atoms with E-state index >= 15 is 0 Å². The lowest BCUT2D eigenvalue weighted by atomic mass is 9.49. The van der Waals surface area contributed by atoms with E-state index in [-0.39, 0.29) is 28.7 Å². The van der Waals surface area contributed by atoms with Crippen molar-refractivity contribution >= 4 is 17.7 Å². The van der Waals surface area contributed by atoms with Crippen molar-refractivity contribution in [1.29, 1.82) is 0 Å². The predicted octanol–water partition coefficient (Wildman–Crippen LogP) is 5.09. The number of ketones is 1. The molecule has 162 valence electrons. The summed E-state index contributed by atoms with van der Waals surface area (Å²) >= 11 is 0. The second kappa shape index (κ2) is 8.38. The lowest BCUT2D eigenvalue weighted by Gasteiger charge is -2.52. The Kier molecular flexibility index (Phi) is 5.61. The van der Waals surface area contributed by atoms with Crippen LogP contribution in [0.2, 0.25) is 0 Å².